The molecule has 0 fully saturated rings. The second-order valence-corrected chi connectivity index (χ2v) is 5.18. The highest BCUT2D eigenvalue weighted by Crippen LogP contribution is 2.06. The van der Waals surface area contributed by atoms with Crippen LogP contribution >= 0.6 is 0 Å². The van der Waals surface area contributed by atoms with E-state index < -0.39 is 0 Å². The lowest BCUT2D eigenvalue weighted by Crippen LogP contribution is -2.39. The highest BCUT2D eigenvalue weighted by atomic mass is 16.2. The van der Waals surface area contributed by atoms with Gasteiger partial charge in [0.25, 0.3) is 0 Å². The number of pyridine rings is 1. The number of rotatable bonds is 6. The Bertz CT molecular complexity index is 440. The molecule has 0 radical (unpaired) electrons. The predicted octanol–water partition coefficient (Wildman–Crippen LogP) is 3.22. The van der Waals surface area contributed by atoms with Crippen molar-refractivity contribution >= 4 is 6.03 Å². The Balaban J connectivity index is 2.49. The molecule has 0 bridgehead atoms. The van der Waals surface area contributed by atoms with Crippen LogP contribution in [0.15, 0.2) is 36.3 Å². The van der Waals surface area contributed by atoms with Crippen LogP contribution in [0.5, 0.6) is 0 Å². The summed E-state index contributed by atoms with van der Waals surface area (Å²) in [7, 11) is 0. The summed E-state index contributed by atoms with van der Waals surface area (Å²) < 4.78 is 0. The number of allylic oxidation sites excluding steroid dienone is 1. The van der Waals surface area contributed by atoms with Gasteiger partial charge in [-0.15, -0.1) is 0 Å². The number of urea groups is 1. The molecule has 20 heavy (non-hydrogen) atoms. The van der Waals surface area contributed by atoms with Crippen molar-refractivity contribution in [2.45, 2.75) is 34.1 Å². The van der Waals surface area contributed by atoms with Crippen molar-refractivity contribution in [1.29, 1.82) is 0 Å². The number of amides is 2. The molecule has 4 heteroatoms. The first kappa shape index (κ1) is 16.2. The van der Waals surface area contributed by atoms with Crippen molar-refractivity contribution in [2.24, 2.45) is 5.92 Å². The van der Waals surface area contributed by atoms with Crippen LogP contribution in [0.4, 0.5) is 4.79 Å². The normalized spacial score (nSPS) is 11.6. The van der Waals surface area contributed by atoms with Crippen LogP contribution in [0.2, 0.25) is 0 Å². The topological polar surface area (TPSA) is 45.2 Å². The molecule has 2 amide bonds. The van der Waals surface area contributed by atoms with Gasteiger partial charge in [-0.2, -0.15) is 0 Å². The van der Waals surface area contributed by atoms with Gasteiger partial charge in [0.15, 0.2) is 0 Å². The van der Waals surface area contributed by atoms with Crippen LogP contribution in [-0.4, -0.2) is 29.0 Å². The van der Waals surface area contributed by atoms with Gasteiger partial charge in [0.2, 0.25) is 0 Å². The third-order valence-corrected chi connectivity index (χ3v) is 3.42. The fourth-order valence-corrected chi connectivity index (χ4v) is 1.65. The van der Waals surface area contributed by atoms with E-state index in [1.54, 1.807) is 12.4 Å². The molecule has 0 aliphatic carbocycles. The number of hydrogen-bond acceptors (Lipinski definition) is 2. The first-order valence-electron chi connectivity index (χ1n) is 7.15. The smallest absolute Gasteiger partial charge is 0.321 e. The van der Waals surface area contributed by atoms with E-state index in [-0.39, 0.29) is 6.03 Å². The average Bonchev–Trinajstić information content (AvgIpc) is 2.46. The third kappa shape index (κ3) is 5.43. The van der Waals surface area contributed by atoms with E-state index in [0.29, 0.717) is 19.0 Å². The minimum Gasteiger partial charge on any atom is -0.324 e. The van der Waals surface area contributed by atoms with Gasteiger partial charge in [-0.05, 0) is 43.9 Å². The van der Waals surface area contributed by atoms with Crippen LogP contribution in [-0.2, 0) is 6.42 Å². The molecule has 0 spiro atoms. The van der Waals surface area contributed by atoms with Gasteiger partial charge in [-0.25, -0.2) is 4.79 Å². The van der Waals surface area contributed by atoms with Gasteiger partial charge in [-0.1, -0.05) is 19.4 Å². The highest BCUT2D eigenvalue weighted by molar-refractivity contribution is 5.75. The molecule has 110 valence electrons. The molecule has 0 aliphatic heterocycles. The van der Waals surface area contributed by atoms with Crippen molar-refractivity contribution in [3.8, 4) is 0 Å². The van der Waals surface area contributed by atoms with E-state index in [4.69, 9.17) is 0 Å². The molecule has 4 nitrogen and oxygen atoms in total. The zero-order valence-electron chi connectivity index (χ0n) is 12.9. The number of hydrogen-bond donors (Lipinski definition) is 1. The Hall–Kier alpha value is -1.84. The molecule has 1 aromatic heterocycles. The Labute approximate surface area is 121 Å². The molecular weight excluding hydrogens is 250 g/mol. The first-order chi connectivity index (χ1) is 9.54. The number of nitrogens with zero attached hydrogens (tertiary/aromatic N) is 2. The summed E-state index contributed by atoms with van der Waals surface area (Å²) in [6, 6.07) is 3.92. The molecular formula is C16H25N3O. The number of carbonyl (C=O) groups is 1. The Morgan fingerprint density at radius 1 is 1.40 bits per heavy atom. The summed E-state index contributed by atoms with van der Waals surface area (Å²) in [5.41, 5.74) is 2.36. The first-order valence-corrected chi connectivity index (χ1v) is 7.15. The summed E-state index contributed by atoms with van der Waals surface area (Å²) in [5.74, 6) is 0.446. The lowest BCUT2D eigenvalue weighted by molar-refractivity contribution is 0.205. The SMILES string of the molecule is CCN(CCc1ccncc1)C(=O)N/C=C(\C)C(C)C. The Morgan fingerprint density at radius 2 is 2.05 bits per heavy atom. The van der Waals surface area contributed by atoms with Crippen molar-refractivity contribution in [3.63, 3.8) is 0 Å². The zero-order valence-corrected chi connectivity index (χ0v) is 12.9. The summed E-state index contributed by atoms with van der Waals surface area (Å²) in [5, 5.41) is 2.86. The molecule has 0 saturated carbocycles. The molecule has 0 saturated heterocycles. The minimum absolute atomic E-state index is 0.0402. The quantitative estimate of drug-likeness (QED) is 0.866. The molecule has 0 aliphatic rings. The maximum atomic E-state index is 12.1. The fourth-order valence-electron chi connectivity index (χ4n) is 1.65. The molecule has 0 unspecified atom stereocenters. The molecule has 1 N–H and O–H groups in total. The van der Waals surface area contributed by atoms with Crippen molar-refractivity contribution < 1.29 is 4.79 Å². The fraction of sp³-hybridized carbons (Fsp3) is 0.500. The van der Waals surface area contributed by atoms with Gasteiger partial charge in [-0.3, -0.25) is 4.98 Å². The standard InChI is InChI=1S/C16H25N3O/c1-5-19(11-8-15-6-9-17-10-7-15)16(20)18-12-14(4)13(2)3/h6-7,9-10,12-13H,5,8,11H2,1-4H3,(H,18,20)/b14-12+. The lowest BCUT2D eigenvalue weighted by atomic mass is 10.1. The van der Waals surface area contributed by atoms with Crippen molar-refractivity contribution in [1.82, 2.24) is 15.2 Å². The van der Waals surface area contributed by atoms with Gasteiger partial charge < -0.3 is 10.2 Å². The lowest BCUT2D eigenvalue weighted by Gasteiger charge is -2.20. The second kappa shape index (κ2) is 8.35. The van der Waals surface area contributed by atoms with Gasteiger partial charge in [0, 0.05) is 31.7 Å². The maximum absolute atomic E-state index is 12.1. The number of aromatic nitrogens is 1. The summed E-state index contributed by atoms with van der Waals surface area (Å²) in [6.45, 7) is 9.65. The molecule has 0 aromatic carbocycles. The summed E-state index contributed by atoms with van der Waals surface area (Å²) in [6.07, 6.45) is 6.21. The van der Waals surface area contributed by atoms with Crippen LogP contribution < -0.4 is 5.32 Å². The van der Waals surface area contributed by atoms with Crippen LogP contribution in [0.25, 0.3) is 0 Å². The van der Waals surface area contributed by atoms with E-state index in [0.717, 1.165) is 6.42 Å². The van der Waals surface area contributed by atoms with Crippen LogP contribution in [0.1, 0.15) is 33.3 Å². The number of likely N-dealkylation sites (N-methyl/N-ethyl adjacent to an activating group) is 1. The van der Waals surface area contributed by atoms with Crippen LogP contribution in [0.3, 0.4) is 0 Å². The van der Waals surface area contributed by atoms with E-state index in [1.807, 2.05) is 37.1 Å². The van der Waals surface area contributed by atoms with E-state index in [9.17, 15) is 4.79 Å². The van der Waals surface area contributed by atoms with Crippen molar-refractivity contribution in [2.75, 3.05) is 13.1 Å². The highest BCUT2D eigenvalue weighted by Gasteiger charge is 2.10. The van der Waals surface area contributed by atoms with E-state index >= 15 is 0 Å². The van der Waals surface area contributed by atoms with Crippen LogP contribution in [0, 0.1) is 5.92 Å². The van der Waals surface area contributed by atoms with E-state index in [1.165, 1.54) is 11.1 Å². The van der Waals surface area contributed by atoms with E-state index in [2.05, 4.69) is 24.1 Å². The average molecular weight is 275 g/mol. The minimum atomic E-state index is -0.0402. The third-order valence-electron chi connectivity index (χ3n) is 3.42. The van der Waals surface area contributed by atoms with Crippen molar-refractivity contribution in [3.05, 3.63) is 41.9 Å². The zero-order chi connectivity index (χ0) is 15.0. The monoisotopic (exact) mass is 275 g/mol. The predicted molar refractivity (Wildman–Crippen MR) is 82.3 cm³/mol. The molecule has 1 aromatic rings. The van der Waals surface area contributed by atoms with Gasteiger partial charge >= 0.3 is 6.03 Å². The van der Waals surface area contributed by atoms with Gasteiger partial charge in [0.05, 0.1) is 0 Å². The summed E-state index contributed by atoms with van der Waals surface area (Å²) >= 11 is 0. The maximum Gasteiger partial charge on any atom is 0.321 e. The Kier molecular flexibility index (Phi) is 6.77. The molecule has 1 heterocycles. The molecule has 0 atom stereocenters. The van der Waals surface area contributed by atoms with Gasteiger partial charge in [0.1, 0.15) is 0 Å². The number of carbonyl (C=O) groups excluding carboxylic acids is 1. The largest absolute Gasteiger partial charge is 0.324 e. The number of nitrogens with one attached hydrogen (secondary N) is 1. The second-order valence-electron chi connectivity index (χ2n) is 5.18. The summed E-state index contributed by atoms with van der Waals surface area (Å²) in [4.78, 5) is 17.9. The molecule has 1 rings (SSSR count). The Morgan fingerprint density at radius 3 is 2.60 bits per heavy atom.